The van der Waals surface area contributed by atoms with Crippen molar-refractivity contribution in [2.45, 2.75) is 53.0 Å². The van der Waals surface area contributed by atoms with Gasteiger partial charge in [0.1, 0.15) is 5.52 Å². The van der Waals surface area contributed by atoms with Crippen LogP contribution in [-0.2, 0) is 4.74 Å². The molecular weight excluding hydrogens is 324 g/mol. The summed E-state index contributed by atoms with van der Waals surface area (Å²) in [5.41, 5.74) is 6.94. The molecule has 0 radical (unpaired) electrons. The Balaban J connectivity index is 2.09. The average Bonchev–Trinajstić information content (AvgIpc) is 2.94. The predicted molar refractivity (Wildman–Crippen MR) is 106 cm³/mol. The Morgan fingerprint density at radius 3 is 2.50 bits per heavy atom. The van der Waals surface area contributed by atoms with E-state index in [2.05, 4.69) is 55.6 Å². The van der Waals surface area contributed by atoms with E-state index >= 15 is 0 Å². The van der Waals surface area contributed by atoms with Crippen LogP contribution in [-0.4, -0.2) is 33.2 Å². The van der Waals surface area contributed by atoms with Gasteiger partial charge in [-0.05, 0) is 43.9 Å². The minimum absolute atomic E-state index is 0.266. The zero-order valence-corrected chi connectivity index (χ0v) is 16.6. The van der Waals surface area contributed by atoms with Gasteiger partial charge in [0, 0.05) is 30.8 Å². The van der Waals surface area contributed by atoms with Crippen LogP contribution in [0.5, 0.6) is 0 Å². The molecule has 5 heteroatoms. The van der Waals surface area contributed by atoms with Gasteiger partial charge in [0.25, 0.3) is 0 Å². The number of hydrogen-bond donors (Lipinski definition) is 0. The van der Waals surface area contributed by atoms with Crippen molar-refractivity contribution in [2.75, 3.05) is 13.7 Å². The number of ether oxygens (including phenoxy) is 1. The Hall–Kier alpha value is -2.27. The lowest BCUT2D eigenvalue weighted by Crippen LogP contribution is -2.13. The number of aromatic nitrogens is 4. The number of hydrogen-bond acceptors (Lipinski definition) is 4. The van der Waals surface area contributed by atoms with Crippen molar-refractivity contribution in [1.29, 1.82) is 0 Å². The van der Waals surface area contributed by atoms with Crippen molar-refractivity contribution in [2.24, 2.45) is 0 Å². The van der Waals surface area contributed by atoms with Crippen LogP contribution in [0.2, 0.25) is 0 Å². The molecule has 0 unspecified atom stereocenters. The van der Waals surface area contributed by atoms with Gasteiger partial charge in [-0.25, -0.2) is 9.97 Å². The van der Waals surface area contributed by atoms with Gasteiger partial charge in [-0.2, -0.15) is 0 Å². The molecular formula is C21H28N4O. The molecule has 0 amide bonds. The first kappa shape index (κ1) is 18.5. The van der Waals surface area contributed by atoms with Gasteiger partial charge in [0.15, 0.2) is 5.65 Å². The van der Waals surface area contributed by atoms with Crippen LogP contribution in [0.15, 0.2) is 24.5 Å². The third-order valence-corrected chi connectivity index (χ3v) is 4.88. The summed E-state index contributed by atoms with van der Waals surface area (Å²) in [7, 11) is 1.74. The maximum atomic E-state index is 5.38. The van der Waals surface area contributed by atoms with E-state index in [-0.39, 0.29) is 6.04 Å². The third kappa shape index (κ3) is 3.36. The molecule has 1 atom stereocenters. The van der Waals surface area contributed by atoms with E-state index in [0.29, 0.717) is 12.5 Å². The molecule has 3 rings (SSSR count). The Bertz CT molecular complexity index is 897. The summed E-state index contributed by atoms with van der Waals surface area (Å²) >= 11 is 0. The molecule has 3 heterocycles. The molecule has 0 aliphatic carbocycles. The number of methoxy groups -OCH3 is 1. The van der Waals surface area contributed by atoms with E-state index in [1.165, 1.54) is 0 Å². The Labute approximate surface area is 155 Å². The SMILES string of the molecule is CC[C@H](COC)n1cc(C)c2nc(-c3ccc(C(C)C)nc3)c(C)nc21. The molecule has 26 heavy (non-hydrogen) atoms. The third-order valence-electron chi connectivity index (χ3n) is 4.88. The lowest BCUT2D eigenvalue weighted by Gasteiger charge is -2.17. The normalized spacial score (nSPS) is 12.9. The zero-order valence-electron chi connectivity index (χ0n) is 16.6. The smallest absolute Gasteiger partial charge is 0.159 e. The molecule has 0 spiro atoms. The van der Waals surface area contributed by atoms with Crippen LogP contribution in [0, 0.1) is 13.8 Å². The molecule has 0 aromatic carbocycles. The summed E-state index contributed by atoms with van der Waals surface area (Å²) in [5.74, 6) is 0.418. The Kier molecular flexibility index (Phi) is 5.37. The van der Waals surface area contributed by atoms with E-state index in [9.17, 15) is 0 Å². The van der Waals surface area contributed by atoms with Crippen molar-refractivity contribution in [1.82, 2.24) is 19.5 Å². The Morgan fingerprint density at radius 1 is 1.15 bits per heavy atom. The second kappa shape index (κ2) is 7.54. The molecule has 0 N–H and O–H groups in total. The van der Waals surface area contributed by atoms with Gasteiger partial charge in [-0.15, -0.1) is 0 Å². The molecule has 3 aromatic rings. The summed E-state index contributed by atoms with van der Waals surface area (Å²) in [6, 6.07) is 4.44. The fourth-order valence-electron chi connectivity index (χ4n) is 3.31. The molecule has 0 saturated heterocycles. The van der Waals surface area contributed by atoms with Crippen LogP contribution in [0.3, 0.4) is 0 Å². The molecule has 0 bridgehead atoms. The fraction of sp³-hybridized carbons (Fsp3) is 0.476. The monoisotopic (exact) mass is 352 g/mol. The first-order valence-corrected chi connectivity index (χ1v) is 9.27. The number of aryl methyl sites for hydroxylation is 2. The van der Waals surface area contributed by atoms with E-state index in [1.807, 2.05) is 13.1 Å². The van der Waals surface area contributed by atoms with Crippen LogP contribution in [0.4, 0.5) is 0 Å². The van der Waals surface area contributed by atoms with E-state index < -0.39 is 0 Å². The fourth-order valence-corrected chi connectivity index (χ4v) is 3.31. The summed E-state index contributed by atoms with van der Waals surface area (Å²) in [5, 5.41) is 0. The predicted octanol–water partition coefficient (Wildman–Crippen LogP) is 4.83. The van der Waals surface area contributed by atoms with Gasteiger partial charge in [-0.3, -0.25) is 4.98 Å². The number of pyridine rings is 1. The highest BCUT2D eigenvalue weighted by Gasteiger charge is 2.18. The second-order valence-corrected chi connectivity index (χ2v) is 7.19. The molecule has 138 valence electrons. The lowest BCUT2D eigenvalue weighted by atomic mass is 10.1. The number of nitrogens with zero attached hydrogens (tertiary/aromatic N) is 4. The topological polar surface area (TPSA) is 52.8 Å². The van der Waals surface area contributed by atoms with Crippen LogP contribution in [0.25, 0.3) is 22.4 Å². The van der Waals surface area contributed by atoms with Crippen molar-refractivity contribution in [3.63, 3.8) is 0 Å². The van der Waals surface area contributed by atoms with Crippen molar-refractivity contribution in [3.05, 3.63) is 41.5 Å². The van der Waals surface area contributed by atoms with Crippen molar-refractivity contribution < 1.29 is 4.74 Å². The van der Waals surface area contributed by atoms with E-state index in [0.717, 1.165) is 45.8 Å². The van der Waals surface area contributed by atoms with Crippen LogP contribution in [0.1, 0.15) is 56.1 Å². The van der Waals surface area contributed by atoms with Gasteiger partial charge in [-0.1, -0.05) is 20.8 Å². The number of fused-ring (bicyclic) bond motifs is 1. The highest BCUT2D eigenvalue weighted by molar-refractivity contribution is 5.79. The summed E-state index contributed by atoms with van der Waals surface area (Å²) in [4.78, 5) is 14.4. The zero-order chi connectivity index (χ0) is 18.8. The maximum Gasteiger partial charge on any atom is 0.159 e. The lowest BCUT2D eigenvalue weighted by molar-refractivity contribution is 0.154. The molecule has 3 aromatic heterocycles. The molecule has 0 saturated carbocycles. The molecule has 5 nitrogen and oxygen atoms in total. The van der Waals surface area contributed by atoms with Gasteiger partial charge < -0.3 is 9.30 Å². The van der Waals surface area contributed by atoms with Crippen molar-refractivity contribution >= 4 is 11.2 Å². The first-order chi connectivity index (χ1) is 12.5. The summed E-state index contributed by atoms with van der Waals surface area (Å²) in [6.07, 6.45) is 5.03. The second-order valence-electron chi connectivity index (χ2n) is 7.19. The average molecular weight is 352 g/mol. The highest BCUT2D eigenvalue weighted by Crippen LogP contribution is 2.28. The number of rotatable bonds is 6. The highest BCUT2D eigenvalue weighted by atomic mass is 16.5. The van der Waals surface area contributed by atoms with Gasteiger partial charge >= 0.3 is 0 Å². The maximum absolute atomic E-state index is 5.38. The molecule has 0 fully saturated rings. The quantitative estimate of drug-likeness (QED) is 0.637. The minimum atomic E-state index is 0.266. The first-order valence-electron chi connectivity index (χ1n) is 9.27. The van der Waals surface area contributed by atoms with Crippen molar-refractivity contribution in [3.8, 4) is 11.3 Å². The van der Waals surface area contributed by atoms with Crippen LogP contribution < -0.4 is 0 Å². The molecule has 0 aliphatic heterocycles. The largest absolute Gasteiger partial charge is 0.383 e. The standard InChI is InChI=1S/C21H28N4O/c1-7-17(12-26-6)25-11-14(4)19-21(25)23-15(5)20(24-19)16-8-9-18(13(2)3)22-10-16/h8-11,13,17H,7,12H2,1-6H3/t17-/m1/s1. The Morgan fingerprint density at radius 2 is 1.92 bits per heavy atom. The summed E-state index contributed by atoms with van der Waals surface area (Å²) in [6.45, 7) is 11.2. The van der Waals surface area contributed by atoms with Crippen LogP contribution >= 0.6 is 0 Å². The van der Waals surface area contributed by atoms with E-state index in [1.54, 1.807) is 7.11 Å². The molecule has 0 aliphatic rings. The van der Waals surface area contributed by atoms with Gasteiger partial charge in [0.05, 0.1) is 24.0 Å². The van der Waals surface area contributed by atoms with Gasteiger partial charge in [0.2, 0.25) is 0 Å². The minimum Gasteiger partial charge on any atom is -0.383 e. The van der Waals surface area contributed by atoms with E-state index in [4.69, 9.17) is 14.7 Å². The summed E-state index contributed by atoms with van der Waals surface area (Å²) < 4.78 is 7.59.